The van der Waals surface area contributed by atoms with Gasteiger partial charge in [0.05, 0.1) is 4.90 Å². The number of thiophene rings is 1. The molecule has 0 amide bonds. The van der Waals surface area contributed by atoms with Gasteiger partial charge in [-0.3, -0.25) is 0 Å². The highest BCUT2D eigenvalue weighted by Crippen LogP contribution is 2.32. The van der Waals surface area contributed by atoms with Gasteiger partial charge in [0.1, 0.15) is 4.21 Å². The zero-order valence-electron chi connectivity index (χ0n) is 10.7. The minimum atomic E-state index is -3.36. The van der Waals surface area contributed by atoms with Gasteiger partial charge in [0.25, 0.3) is 0 Å². The van der Waals surface area contributed by atoms with Gasteiger partial charge in [-0.25, -0.2) is 8.42 Å². The second kappa shape index (κ2) is 4.86. The molecule has 0 saturated carbocycles. The molecule has 0 atom stereocenters. The molecule has 2 aromatic rings. The van der Waals surface area contributed by atoms with Crippen LogP contribution in [0.1, 0.15) is 23.6 Å². The standard InChI is InChI=1S/C14H16O2S2/c1-4-13-11(3)9-17-14(13)18(15,16)12-7-5-10(2)6-8-12/h5-9H,4H2,1-3H3. The molecule has 0 aliphatic rings. The van der Waals surface area contributed by atoms with Crippen molar-refractivity contribution in [1.82, 2.24) is 0 Å². The monoisotopic (exact) mass is 280 g/mol. The molecule has 18 heavy (non-hydrogen) atoms. The van der Waals surface area contributed by atoms with Crippen LogP contribution in [-0.2, 0) is 16.3 Å². The number of hydrogen-bond donors (Lipinski definition) is 0. The Morgan fingerprint density at radius 3 is 2.28 bits per heavy atom. The van der Waals surface area contributed by atoms with Crippen LogP contribution in [-0.4, -0.2) is 8.42 Å². The van der Waals surface area contributed by atoms with Gasteiger partial charge in [0.2, 0.25) is 9.84 Å². The quantitative estimate of drug-likeness (QED) is 0.858. The number of aryl methyl sites for hydroxylation is 2. The SMILES string of the molecule is CCc1c(C)csc1S(=O)(=O)c1ccc(C)cc1. The normalized spacial score (nSPS) is 11.7. The average molecular weight is 280 g/mol. The zero-order chi connectivity index (χ0) is 13.3. The molecule has 0 radical (unpaired) electrons. The molecule has 2 nitrogen and oxygen atoms in total. The van der Waals surface area contributed by atoms with E-state index in [1.54, 1.807) is 12.1 Å². The van der Waals surface area contributed by atoms with E-state index in [0.717, 1.165) is 23.1 Å². The van der Waals surface area contributed by atoms with Crippen molar-refractivity contribution in [3.63, 3.8) is 0 Å². The fourth-order valence-electron chi connectivity index (χ4n) is 1.92. The molecule has 0 aliphatic heterocycles. The lowest BCUT2D eigenvalue weighted by Crippen LogP contribution is -2.02. The summed E-state index contributed by atoms with van der Waals surface area (Å²) in [5, 5.41) is 1.92. The highest BCUT2D eigenvalue weighted by atomic mass is 32.2. The third-order valence-corrected chi connectivity index (χ3v) is 6.50. The summed E-state index contributed by atoms with van der Waals surface area (Å²) in [6.45, 7) is 5.90. The predicted octanol–water partition coefficient (Wildman–Crippen LogP) is 3.76. The Labute approximate surface area is 112 Å². The van der Waals surface area contributed by atoms with Crippen molar-refractivity contribution in [3.8, 4) is 0 Å². The molecule has 0 aliphatic carbocycles. The van der Waals surface area contributed by atoms with Crippen LogP contribution in [0.5, 0.6) is 0 Å². The fourth-order valence-corrected chi connectivity index (χ4v) is 5.07. The van der Waals surface area contributed by atoms with Crippen LogP contribution >= 0.6 is 11.3 Å². The molecule has 1 aromatic carbocycles. The van der Waals surface area contributed by atoms with Gasteiger partial charge in [0, 0.05) is 0 Å². The van der Waals surface area contributed by atoms with E-state index in [9.17, 15) is 8.42 Å². The van der Waals surface area contributed by atoms with Crippen molar-refractivity contribution in [3.05, 3.63) is 46.3 Å². The maximum Gasteiger partial charge on any atom is 0.216 e. The zero-order valence-corrected chi connectivity index (χ0v) is 12.4. The molecule has 0 fully saturated rings. The van der Waals surface area contributed by atoms with Crippen molar-refractivity contribution < 1.29 is 8.42 Å². The van der Waals surface area contributed by atoms with Gasteiger partial charge in [0.15, 0.2) is 0 Å². The smallest absolute Gasteiger partial charge is 0.216 e. The van der Waals surface area contributed by atoms with Gasteiger partial charge in [-0.15, -0.1) is 11.3 Å². The third kappa shape index (κ3) is 2.22. The summed E-state index contributed by atoms with van der Waals surface area (Å²) in [4.78, 5) is 0.379. The lowest BCUT2D eigenvalue weighted by Gasteiger charge is -2.05. The number of sulfone groups is 1. The van der Waals surface area contributed by atoms with Crippen molar-refractivity contribution in [2.75, 3.05) is 0 Å². The fraction of sp³-hybridized carbons (Fsp3) is 0.286. The molecular formula is C14H16O2S2. The van der Waals surface area contributed by atoms with Crippen LogP contribution in [0.3, 0.4) is 0 Å². The van der Waals surface area contributed by atoms with E-state index in [0.29, 0.717) is 9.10 Å². The van der Waals surface area contributed by atoms with Crippen LogP contribution in [0, 0.1) is 13.8 Å². The first kappa shape index (κ1) is 13.3. The molecule has 4 heteroatoms. The average Bonchev–Trinajstić information content (AvgIpc) is 2.71. The van der Waals surface area contributed by atoms with E-state index < -0.39 is 9.84 Å². The minimum Gasteiger partial charge on any atom is -0.218 e. The van der Waals surface area contributed by atoms with Crippen LogP contribution < -0.4 is 0 Å². The van der Waals surface area contributed by atoms with E-state index in [2.05, 4.69) is 0 Å². The lowest BCUT2D eigenvalue weighted by atomic mass is 10.2. The van der Waals surface area contributed by atoms with Crippen molar-refractivity contribution >= 4 is 21.2 Å². The van der Waals surface area contributed by atoms with Crippen molar-refractivity contribution in [2.24, 2.45) is 0 Å². The summed E-state index contributed by atoms with van der Waals surface area (Å²) in [5.74, 6) is 0. The van der Waals surface area contributed by atoms with Gasteiger partial charge in [-0.05, 0) is 48.9 Å². The highest BCUT2D eigenvalue weighted by molar-refractivity contribution is 7.93. The first-order valence-electron chi connectivity index (χ1n) is 5.85. The van der Waals surface area contributed by atoms with E-state index in [1.807, 2.05) is 38.3 Å². The summed E-state index contributed by atoms with van der Waals surface area (Å²) in [5.41, 5.74) is 3.07. The molecule has 2 rings (SSSR count). The van der Waals surface area contributed by atoms with Gasteiger partial charge in [-0.1, -0.05) is 24.6 Å². The summed E-state index contributed by atoms with van der Waals surface area (Å²) >= 11 is 1.32. The Hall–Kier alpha value is -1.13. The lowest BCUT2D eigenvalue weighted by molar-refractivity contribution is 0.597. The Morgan fingerprint density at radius 2 is 1.72 bits per heavy atom. The maximum absolute atomic E-state index is 12.5. The van der Waals surface area contributed by atoms with Crippen LogP contribution in [0.15, 0.2) is 38.8 Å². The van der Waals surface area contributed by atoms with E-state index in [-0.39, 0.29) is 0 Å². The van der Waals surface area contributed by atoms with E-state index in [4.69, 9.17) is 0 Å². The second-order valence-corrected chi connectivity index (χ2v) is 7.38. The molecule has 96 valence electrons. The van der Waals surface area contributed by atoms with Gasteiger partial charge in [-0.2, -0.15) is 0 Å². The Balaban J connectivity index is 2.58. The number of benzene rings is 1. The molecular weight excluding hydrogens is 264 g/mol. The molecule has 1 heterocycles. The second-order valence-electron chi connectivity index (χ2n) is 4.35. The Bertz CT molecular complexity index is 650. The molecule has 0 saturated heterocycles. The molecule has 0 spiro atoms. The van der Waals surface area contributed by atoms with Crippen LogP contribution in [0.2, 0.25) is 0 Å². The van der Waals surface area contributed by atoms with Crippen LogP contribution in [0.4, 0.5) is 0 Å². The summed E-state index contributed by atoms with van der Waals surface area (Å²) in [7, 11) is -3.36. The summed E-state index contributed by atoms with van der Waals surface area (Å²) in [6, 6.07) is 7.02. The largest absolute Gasteiger partial charge is 0.218 e. The van der Waals surface area contributed by atoms with Gasteiger partial charge >= 0.3 is 0 Å². The maximum atomic E-state index is 12.5. The first-order valence-corrected chi connectivity index (χ1v) is 8.21. The highest BCUT2D eigenvalue weighted by Gasteiger charge is 2.23. The van der Waals surface area contributed by atoms with Gasteiger partial charge < -0.3 is 0 Å². The van der Waals surface area contributed by atoms with E-state index >= 15 is 0 Å². The minimum absolute atomic E-state index is 0.379. The number of rotatable bonds is 3. The van der Waals surface area contributed by atoms with E-state index in [1.165, 1.54) is 11.3 Å². The number of hydrogen-bond acceptors (Lipinski definition) is 3. The topological polar surface area (TPSA) is 34.1 Å². The summed E-state index contributed by atoms with van der Waals surface area (Å²) < 4.78 is 25.6. The van der Waals surface area contributed by atoms with Crippen molar-refractivity contribution in [1.29, 1.82) is 0 Å². The predicted molar refractivity (Wildman–Crippen MR) is 75.1 cm³/mol. The van der Waals surface area contributed by atoms with Crippen molar-refractivity contribution in [2.45, 2.75) is 36.3 Å². The Kier molecular flexibility index (Phi) is 3.59. The molecule has 0 unspecified atom stereocenters. The molecule has 1 aromatic heterocycles. The first-order chi connectivity index (χ1) is 8.46. The molecule has 0 N–H and O–H groups in total. The third-order valence-electron chi connectivity index (χ3n) is 2.99. The Morgan fingerprint density at radius 1 is 1.11 bits per heavy atom. The summed E-state index contributed by atoms with van der Waals surface area (Å²) in [6.07, 6.45) is 0.746. The van der Waals surface area contributed by atoms with Crippen LogP contribution in [0.25, 0.3) is 0 Å². The molecule has 0 bridgehead atoms.